The molecule has 2 aliphatic heterocycles. The Morgan fingerprint density at radius 2 is 1.75 bits per heavy atom. The second kappa shape index (κ2) is 8.82. The third-order valence-electron chi connectivity index (χ3n) is 5.99. The Kier molecular flexibility index (Phi) is 6.00. The summed E-state index contributed by atoms with van der Waals surface area (Å²) in [6, 6.07) is 5.23. The van der Waals surface area contributed by atoms with E-state index in [1.807, 2.05) is 4.90 Å². The Balaban J connectivity index is 1.17. The SMILES string of the molecule is O=C(NCCN1CCN(C(=O)C2CCCCC2)CC1)c1ccc2c(c1)OCO2. The number of fused-ring (bicyclic) bond motifs is 1. The van der Waals surface area contributed by atoms with E-state index >= 15 is 0 Å². The van der Waals surface area contributed by atoms with Gasteiger partial charge in [-0.1, -0.05) is 19.3 Å². The lowest BCUT2D eigenvalue weighted by molar-refractivity contribution is -0.138. The first-order valence-corrected chi connectivity index (χ1v) is 10.4. The number of ether oxygens (including phenoxy) is 2. The van der Waals surface area contributed by atoms with Crippen LogP contribution in [0.15, 0.2) is 18.2 Å². The molecule has 2 fully saturated rings. The maximum atomic E-state index is 12.6. The molecule has 7 heteroatoms. The lowest BCUT2D eigenvalue weighted by Crippen LogP contribution is -2.51. The molecule has 4 rings (SSSR count). The molecule has 0 unspecified atom stereocenters. The molecule has 1 aliphatic carbocycles. The third kappa shape index (κ3) is 4.41. The zero-order valence-electron chi connectivity index (χ0n) is 16.3. The van der Waals surface area contributed by atoms with Crippen molar-refractivity contribution in [2.45, 2.75) is 32.1 Å². The smallest absolute Gasteiger partial charge is 0.251 e. The summed E-state index contributed by atoms with van der Waals surface area (Å²) in [6.45, 7) is 4.93. The molecule has 1 aromatic rings. The monoisotopic (exact) mass is 387 g/mol. The van der Waals surface area contributed by atoms with E-state index in [4.69, 9.17) is 9.47 Å². The van der Waals surface area contributed by atoms with E-state index in [9.17, 15) is 9.59 Å². The zero-order valence-corrected chi connectivity index (χ0v) is 16.3. The van der Waals surface area contributed by atoms with Gasteiger partial charge in [-0.05, 0) is 31.0 Å². The number of benzene rings is 1. The van der Waals surface area contributed by atoms with Gasteiger partial charge in [-0.25, -0.2) is 0 Å². The van der Waals surface area contributed by atoms with Crippen LogP contribution in [0.2, 0.25) is 0 Å². The maximum Gasteiger partial charge on any atom is 0.251 e. The Morgan fingerprint density at radius 1 is 1.00 bits per heavy atom. The summed E-state index contributed by atoms with van der Waals surface area (Å²) in [5.41, 5.74) is 0.576. The number of hydrogen-bond acceptors (Lipinski definition) is 5. The minimum absolute atomic E-state index is 0.107. The van der Waals surface area contributed by atoms with E-state index in [0.29, 0.717) is 29.5 Å². The first-order chi connectivity index (χ1) is 13.7. The number of carbonyl (C=O) groups excluding carboxylic acids is 2. The van der Waals surface area contributed by atoms with Crippen LogP contribution in [-0.2, 0) is 4.79 Å². The topological polar surface area (TPSA) is 71.1 Å². The van der Waals surface area contributed by atoms with Gasteiger partial charge >= 0.3 is 0 Å². The molecule has 7 nitrogen and oxygen atoms in total. The molecular formula is C21H29N3O4. The van der Waals surface area contributed by atoms with Gasteiger partial charge in [-0.3, -0.25) is 14.5 Å². The number of amides is 2. The van der Waals surface area contributed by atoms with Gasteiger partial charge in [0.05, 0.1) is 0 Å². The molecular weight excluding hydrogens is 358 g/mol. The Bertz CT molecular complexity index is 710. The molecule has 2 heterocycles. The van der Waals surface area contributed by atoms with Crippen molar-refractivity contribution < 1.29 is 19.1 Å². The highest BCUT2D eigenvalue weighted by Gasteiger charge is 2.28. The van der Waals surface area contributed by atoms with Crippen molar-refractivity contribution in [3.63, 3.8) is 0 Å². The third-order valence-corrected chi connectivity index (χ3v) is 5.99. The largest absolute Gasteiger partial charge is 0.454 e. The number of nitrogens with zero attached hydrogens (tertiary/aromatic N) is 2. The molecule has 1 saturated heterocycles. The fourth-order valence-electron chi connectivity index (χ4n) is 4.27. The van der Waals surface area contributed by atoms with Crippen LogP contribution >= 0.6 is 0 Å². The molecule has 1 N–H and O–H groups in total. The lowest BCUT2D eigenvalue weighted by atomic mass is 9.88. The summed E-state index contributed by atoms with van der Waals surface area (Å²) in [6.07, 6.45) is 5.78. The Morgan fingerprint density at radius 3 is 2.54 bits per heavy atom. The normalized spacial score (nSPS) is 20.2. The molecule has 0 bridgehead atoms. The van der Waals surface area contributed by atoms with Crippen LogP contribution in [0.25, 0.3) is 0 Å². The van der Waals surface area contributed by atoms with Crippen molar-refractivity contribution in [3.05, 3.63) is 23.8 Å². The van der Waals surface area contributed by atoms with Crippen LogP contribution < -0.4 is 14.8 Å². The predicted molar refractivity (Wildman–Crippen MR) is 104 cm³/mol. The Hall–Kier alpha value is -2.28. The van der Waals surface area contributed by atoms with Crippen molar-refractivity contribution in [1.82, 2.24) is 15.1 Å². The highest BCUT2D eigenvalue weighted by atomic mass is 16.7. The summed E-state index contributed by atoms with van der Waals surface area (Å²) in [5.74, 6) is 1.80. The summed E-state index contributed by atoms with van der Waals surface area (Å²) in [4.78, 5) is 29.3. The van der Waals surface area contributed by atoms with Crippen molar-refractivity contribution in [1.29, 1.82) is 0 Å². The second-order valence-corrected chi connectivity index (χ2v) is 7.83. The van der Waals surface area contributed by atoms with E-state index in [2.05, 4.69) is 10.2 Å². The van der Waals surface area contributed by atoms with E-state index in [1.54, 1.807) is 18.2 Å². The minimum Gasteiger partial charge on any atom is -0.454 e. The lowest BCUT2D eigenvalue weighted by Gasteiger charge is -2.37. The van der Waals surface area contributed by atoms with Crippen LogP contribution in [0.1, 0.15) is 42.5 Å². The molecule has 0 atom stereocenters. The molecule has 1 saturated carbocycles. The highest BCUT2D eigenvalue weighted by molar-refractivity contribution is 5.94. The van der Waals surface area contributed by atoms with Crippen molar-refractivity contribution in [2.75, 3.05) is 46.1 Å². The van der Waals surface area contributed by atoms with Crippen molar-refractivity contribution in [3.8, 4) is 11.5 Å². The molecule has 0 radical (unpaired) electrons. The molecule has 0 aromatic heterocycles. The summed E-state index contributed by atoms with van der Waals surface area (Å²) in [7, 11) is 0. The maximum absolute atomic E-state index is 12.6. The average Bonchev–Trinajstić information content (AvgIpc) is 3.22. The average molecular weight is 387 g/mol. The van der Waals surface area contributed by atoms with Crippen molar-refractivity contribution in [2.24, 2.45) is 5.92 Å². The van der Waals surface area contributed by atoms with Crippen LogP contribution in [0, 0.1) is 5.92 Å². The molecule has 152 valence electrons. The van der Waals surface area contributed by atoms with Gasteiger partial charge in [0, 0.05) is 50.7 Å². The highest BCUT2D eigenvalue weighted by Crippen LogP contribution is 2.32. The van der Waals surface area contributed by atoms with E-state index in [0.717, 1.165) is 45.6 Å². The zero-order chi connectivity index (χ0) is 19.3. The van der Waals surface area contributed by atoms with Gasteiger partial charge in [0.25, 0.3) is 5.91 Å². The summed E-state index contributed by atoms with van der Waals surface area (Å²) >= 11 is 0. The summed E-state index contributed by atoms with van der Waals surface area (Å²) in [5, 5.41) is 2.97. The number of nitrogens with one attached hydrogen (secondary N) is 1. The fourth-order valence-corrected chi connectivity index (χ4v) is 4.27. The molecule has 0 spiro atoms. The van der Waals surface area contributed by atoms with E-state index < -0.39 is 0 Å². The standard InChI is InChI=1S/C21H29N3O4/c25-20(17-6-7-18-19(14-17)28-15-27-18)22-8-9-23-10-12-24(13-11-23)21(26)16-4-2-1-3-5-16/h6-7,14,16H,1-5,8-13,15H2,(H,22,25). The first kappa shape index (κ1) is 19.1. The number of hydrogen-bond donors (Lipinski definition) is 1. The number of piperazine rings is 1. The molecule has 2 amide bonds. The van der Waals surface area contributed by atoms with Crippen LogP contribution in [0.4, 0.5) is 0 Å². The first-order valence-electron chi connectivity index (χ1n) is 10.4. The quantitative estimate of drug-likeness (QED) is 0.835. The van der Waals surface area contributed by atoms with E-state index in [-0.39, 0.29) is 18.6 Å². The van der Waals surface area contributed by atoms with Crippen LogP contribution in [0.3, 0.4) is 0 Å². The van der Waals surface area contributed by atoms with Gasteiger partial charge in [-0.15, -0.1) is 0 Å². The van der Waals surface area contributed by atoms with Gasteiger partial charge < -0.3 is 19.7 Å². The van der Waals surface area contributed by atoms with Crippen molar-refractivity contribution >= 4 is 11.8 Å². The van der Waals surface area contributed by atoms with Gasteiger partial charge in [0.1, 0.15) is 0 Å². The van der Waals surface area contributed by atoms with Gasteiger partial charge in [0.2, 0.25) is 12.7 Å². The van der Waals surface area contributed by atoms with Crippen LogP contribution in [0.5, 0.6) is 11.5 Å². The van der Waals surface area contributed by atoms with E-state index in [1.165, 1.54) is 19.3 Å². The predicted octanol–water partition coefficient (Wildman–Crippen LogP) is 1.87. The molecule has 1 aromatic carbocycles. The second-order valence-electron chi connectivity index (χ2n) is 7.83. The fraction of sp³-hybridized carbons (Fsp3) is 0.619. The summed E-state index contributed by atoms with van der Waals surface area (Å²) < 4.78 is 10.6. The Labute approximate surface area is 166 Å². The molecule has 28 heavy (non-hydrogen) atoms. The molecule has 3 aliphatic rings. The number of carbonyl (C=O) groups is 2. The minimum atomic E-state index is -0.107. The van der Waals surface area contributed by atoms with Gasteiger partial charge in [-0.2, -0.15) is 0 Å². The number of rotatable bonds is 5. The van der Waals surface area contributed by atoms with Crippen LogP contribution in [-0.4, -0.2) is 67.7 Å². The van der Waals surface area contributed by atoms with Gasteiger partial charge in [0.15, 0.2) is 11.5 Å².